The van der Waals surface area contributed by atoms with Crippen molar-refractivity contribution in [2.45, 2.75) is 0 Å². The highest BCUT2D eigenvalue weighted by Crippen LogP contribution is 2.44. The van der Waals surface area contributed by atoms with E-state index in [0.29, 0.717) is 17.5 Å². The van der Waals surface area contributed by atoms with Crippen LogP contribution >= 0.6 is 0 Å². The molecule has 0 spiro atoms. The summed E-state index contributed by atoms with van der Waals surface area (Å²) in [6, 6.07) is 78.7. The first-order valence-corrected chi connectivity index (χ1v) is 22.9. The van der Waals surface area contributed by atoms with Crippen LogP contribution in [-0.2, 0) is 0 Å². The van der Waals surface area contributed by atoms with Crippen molar-refractivity contribution in [2.75, 3.05) is 0 Å². The Hall–Kier alpha value is -9.19. The van der Waals surface area contributed by atoms with Crippen LogP contribution in [0.1, 0.15) is 0 Å². The second-order valence-electron chi connectivity index (χ2n) is 17.4. The topological polar surface area (TPSA) is 65.0 Å². The number of rotatable bonds is 6. The summed E-state index contributed by atoms with van der Waals surface area (Å²) >= 11 is 0. The maximum absolute atomic E-state index is 6.70. The van der Waals surface area contributed by atoms with Crippen molar-refractivity contribution < 1.29 is 8.83 Å². The number of hydrogen-bond acceptors (Lipinski definition) is 5. The molecule has 0 N–H and O–H groups in total. The Morgan fingerprint density at radius 3 is 1.57 bits per heavy atom. The fourth-order valence-electron chi connectivity index (χ4n) is 10.3. The lowest BCUT2D eigenvalue weighted by Crippen LogP contribution is -2.01. The number of furan rings is 2. The van der Waals surface area contributed by atoms with E-state index in [0.717, 1.165) is 110 Å². The van der Waals surface area contributed by atoms with Gasteiger partial charge in [0.05, 0.1) is 0 Å². The molecule has 0 amide bonds. The molecule has 0 radical (unpaired) electrons. The monoisotopic (exact) mass is 867 g/mol. The van der Waals surface area contributed by atoms with Gasteiger partial charge in [-0.15, -0.1) is 0 Å². The van der Waals surface area contributed by atoms with Crippen molar-refractivity contribution in [2.24, 2.45) is 0 Å². The first-order valence-electron chi connectivity index (χ1n) is 22.9. The molecule has 0 aliphatic rings. The van der Waals surface area contributed by atoms with Crippen LogP contribution in [0.4, 0.5) is 0 Å². The standard InChI is InChI=1S/C63H37N3O2/c1-2-14-42-36-44(31-26-38(42)12-1)62-64-61(41-29-27-40(28-30-41)46-20-9-15-39-13-3-4-16-45(39)46)65-63(66-62)52-35-34-50(48-17-5-6-18-49(48)52)51-22-11-25-57-60(51)54-33-32-43(37-58(54)68-57)47-21-10-24-56-59(47)53-19-7-8-23-55(53)67-56/h1-37H. The fraction of sp³-hybridized carbons (Fsp3) is 0. The lowest BCUT2D eigenvalue weighted by atomic mass is 9.92. The minimum Gasteiger partial charge on any atom is -0.456 e. The van der Waals surface area contributed by atoms with Gasteiger partial charge in [0.15, 0.2) is 17.5 Å². The zero-order chi connectivity index (χ0) is 44.7. The molecule has 0 aliphatic heterocycles. The summed E-state index contributed by atoms with van der Waals surface area (Å²) in [5.74, 6) is 1.84. The quantitative estimate of drug-likeness (QED) is 0.167. The summed E-state index contributed by atoms with van der Waals surface area (Å²) in [5, 5.41) is 11.2. The van der Waals surface area contributed by atoms with Gasteiger partial charge in [0.2, 0.25) is 0 Å². The molecule has 0 saturated carbocycles. The highest BCUT2D eigenvalue weighted by molar-refractivity contribution is 6.18. The van der Waals surface area contributed by atoms with Gasteiger partial charge < -0.3 is 8.83 Å². The number of hydrogen-bond donors (Lipinski definition) is 0. The molecular weight excluding hydrogens is 831 g/mol. The molecule has 0 saturated heterocycles. The lowest BCUT2D eigenvalue weighted by Gasteiger charge is -2.14. The van der Waals surface area contributed by atoms with Gasteiger partial charge in [-0.3, -0.25) is 0 Å². The smallest absolute Gasteiger partial charge is 0.164 e. The predicted octanol–water partition coefficient (Wildman–Crippen LogP) is 17.1. The molecule has 316 valence electrons. The summed E-state index contributed by atoms with van der Waals surface area (Å²) in [5.41, 5.74) is 12.9. The van der Waals surface area contributed by atoms with Crippen LogP contribution in [0.2, 0.25) is 0 Å². The van der Waals surface area contributed by atoms with E-state index in [-0.39, 0.29) is 0 Å². The van der Waals surface area contributed by atoms with Gasteiger partial charge in [0.25, 0.3) is 0 Å². The van der Waals surface area contributed by atoms with Crippen molar-refractivity contribution in [1.29, 1.82) is 0 Å². The molecule has 14 aromatic rings. The molecule has 11 aromatic carbocycles. The second-order valence-corrected chi connectivity index (χ2v) is 17.4. The van der Waals surface area contributed by atoms with Gasteiger partial charge in [-0.05, 0) is 108 Å². The third kappa shape index (κ3) is 6.14. The van der Waals surface area contributed by atoms with E-state index in [1.165, 1.54) is 16.3 Å². The first kappa shape index (κ1) is 38.1. The SMILES string of the molecule is c1ccc2cc(-c3nc(-c4ccc(-c5cccc6ccccc56)cc4)nc(-c4ccc(-c5cccc6oc7cc(-c8cccc9oc%10ccccc%10c89)ccc7c56)c5ccccc45)n3)ccc2c1. The molecule has 5 nitrogen and oxygen atoms in total. The minimum absolute atomic E-state index is 0.610. The van der Waals surface area contributed by atoms with Gasteiger partial charge in [0.1, 0.15) is 22.3 Å². The van der Waals surface area contributed by atoms with Crippen LogP contribution < -0.4 is 0 Å². The number of benzene rings is 11. The van der Waals surface area contributed by atoms with Crippen molar-refractivity contribution in [1.82, 2.24) is 15.0 Å². The Labute approximate surface area is 390 Å². The number of aromatic nitrogens is 3. The van der Waals surface area contributed by atoms with Gasteiger partial charge in [-0.1, -0.05) is 182 Å². The molecule has 3 heterocycles. The number of nitrogens with zero attached hydrogens (tertiary/aromatic N) is 3. The maximum atomic E-state index is 6.70. The summed E-state index contributed by atoms with van der Waals surface area (Å²) in [6.45, 7) is 0. The van der Waals surface area contributed by atoms with Crippen LogP contribution in [0, 0.1) is 0 Å². The van der Waals surface area contributed by atoms with Gasteiger partial charge >= 0.3 is 0 Å². The largest absolute Gasteiger partial charge is 0.456 e. The Balaban J connectivity index is 0.906. The Morgan fingerprint density at radius 1 is 0.235 bits per heavy atom. The predicted molar refractivity (Wildman–Crippen MR) is 280 cm³/mol. The highest BCUT2D eigenvalue weighted by atomic mass is 16.3. The van der Waals surface area contributed by atoms with E-state index in [2.05, 4.69) is 206 Å². The van der Waals surface area contributed by atoms with Crippen LogP contribution in [0.25, 0.3) is 144 Å². The number of para-hydroxylation sites is 1. The van der Waals surface area contributed by atoms with Crippen LogP contribution in [0.15, 0.2) is 233 Å². The molecule has 14 rings (SSSR count). The average Bonchev–Trinajstić information content (AvgIpc) is 3.99. The molecule has 0 fully saturated rings. The molecule has 0 aliphatic carbocycles. The van der Waals surface area contributed by atoms with Gasteiger partial charge in [-0.2, -0.15) is 0 Å². The zero-order valence-corrected chi connectivity index (χ0v) is 36.5. The normalized spacial score (nSPS) is 11.8. The van der Waals surface area contributed by atoms with Crippen molar-refractivity contribution >= 4 is 76.2 Å². The van der Waals surface area contributed by atoms with E-state index < -0.39 is 0 Å². The zero-order valence-electron chi connectivity index (χ0n) is 36.5. The molecular formula is C63H37N3O2. The van der Waals surface area contributed by atoms with Crippen molar-refractivity contribution in [3.8, 4) is 67.5 Å². The Morgan fingerprint density at radius 2 is 0.750 bits per heavy atom. The lowest BCUT2D eigenvalue weighted by molar-refractivity contribution is 0.668. The van der Waals surface area contributed by atoms with E-state index >= 15 is 0 Å². The van der Waals surface area contributed by atoms with Crippen LogP contribution in [0.5, 0.6) is 0 Å². The first-order chi connectivity index (χ1) is 33.7. The fourth-order valence-corrected chi connectivity index (χ4v) is 10.3. The van der Waals surface area contributed by atoms with Crippen LogP contribution in [-0.4, -0.2) is 15.0 Å². The summed E-state index contributed by atoms with van der Waals surface area (Å²) < 4.78 is 12.9. The second kappa shape index (κ2) is 15.2. The molecule has 0 atom stereocenters. The third-order valence-electron chi connectivity index (χ3n) is 13.6. The van der Waals surface area contributed by atoms with Gasteiger partial charge in [-0.25, -0.2) is 15.0 Å². The molecule has 68 heavy (non-hydrogen) atoms. The number of fused-ring (bicyclic) bond motifs is 9. The Bertz CT molecular complexity index is 4330. The summed E-state index contributed by atoms with van der Waals surface area (Å²) in [7, 11) is 0. The van der Waals surface area contributed by atoms with Crippen molar-refractivity contribution in [3.05, 3.63) is 224 Å². The molecule has 5 heteroatoms. The average molecular weight is 868 g/mol. The van der Waals surface area contributed by atoms with Crippen LogP contribution in [0.3, 0.4) is 0 Å². The molecule has 0 unspecified atom stereocenters. The molecule has 0 bridgehead atoms. The van der Waals surface area contributed by atoms with E-state index in [9.17, 15) is 0 Å². The van der Waals surface area contributed by atoms with E-state index in [4.69, 9.17) is 23.8 Å². The highest BCUT2D eigenvalue weighted by Gasteiger charge is 2.20. The maximum Gasteiger partial charge on any atom is 0.164 e. The third-order valence-corrected chi connectivity index (χ3v) is 13.6. The summed E-state index contributed by atoms with van der Waals surface area (Å²) in [4.78, 5) is 15.7. The summed E-state index contributed by atoms with van der Waals surface area (Å²) in [6.07, 6.45) is 0. The van der Waals surface area contributed by atoms with Crippen molar-refractivity contribution in [3.63, 3.8) is 0 Å². The van der Waals surface area contributed by atoms with E-state index in [1.54, 1.807) is 0 Å². The minimum atomic E-state index is 0.610. The molecule has 3 aromatic heterocycles. The Kier molecular flexibility index (Phi) is 8.52. The van der Waals surface area contributed by atoms with E-state index in [1.807, 2.05) is 18.2 Å². The van der Waals surface area contributed by atoms with Gasteiger partial charge in [0, 0.05) is 38.2 Å².